The molecule has 1 unspecified atom stereocenters. The first-order valence-electron chi connectivity index (χ1n) is 10.4. The van der Waals surface area contributed by atoms with E-state index in [-0.39, 0.29) is 24.8 Å². The number of fused-ring (bicyclic) bond motifs is 5. The summed E-state index contributed by atoms with van der Waals surface area (Å²) in [6, 6.07) is 11.5. The van der Waals surface area contributed by atoms with Gasteiger partial charge in [0.1, 0.15) is 0 Å². The van der Waals surface area contributed by atoms with Gasteiger partial charge in [0.2, 0.25) is 0 Å². The summed E-state index contributed by atoms with van der Waals surface area (Å²) in [5.41, 5.74) is 9.03. The molecule has 0 N–H and O–H groups in total. The van der Waals surface area contributed by atoms with Gasteiger partial charge in [0.25, 0.3) is 0 Å². The fourth-order valence-electron chi connectivity index (χ4n) is 4.83. The normalized spacial score (nSPS) is 19.3. The van der Waals surface area contributed by atoms with Gasteiger partial charge in [0.15, 0.2) is 0 Å². The van der Waals surface area contributed by atoms with Crippen LogP contribution in [0.2, 0.25) is 32.7 Å². The number of hydrogen-bond donors (Lipinski definition) is 0. The molecule has 0 aromatic heterocycles. The second kappa shape index (κ2) is 8.74. The third-order valence-electron chi connectivity index (χ3n) is 6.31. The molecular weight excluding hydrogens is 539 g/mol. The Morgan fingerprint density at radius 1 is 1.03 bits per heavy atom. The molecule has 7 heteroatoms. The second-order valence-corrected chi connectivity index (χ2v) is 20.0. The van der Waals surface area contributed by atoms with Crippen LogP contribution in [-0.2, 0) is 33.9 Å². The summed E-state index contributed by atoms with van der Waals surface area (Å²) in [6.07, 6.45) is 5.41. The van der Waals surface area contributed by atoms with Crippen molar-refractivity contribution in [3.63, 3.8) is 0 Å². The van der Waals surface area contributed by atoms with Crippen LogP contribution in [0.4, 0.5) is 0 Å². The van der Waals surface area contributed by atoms with Crippen LogP contribution in [0, 0.1) is 0 Å². The zero-order valence-electron chi connectivity index (χ0n) is 18.6. The van der Waals surface area contributed by atoms with Crippen LogP contribution in [0.5, 0.6) is 0 Å². The standard InChI is InChI=1S/C24H27O2Si2.2ClH.Zr/c1-27(2,3)26-15-25-18-11-10-17(12-18)20-14-21-19-9-7-6-8-16(19)13-22(21)24-23(20)28(24,4)5;;;/h6-9,11-14H,10,15H2,1-5H3;2*1H;/q;;;+2/p-2. The summed E-state index contributed by atoms with van der Waals surface area (Å²) >= 11 is 1.61. The number of halogens is 2. The molecule has 2 aromatic carbocycles. The third kappa shape index (κ3) is 4.27. The molecule has 0 saturated carbocycles. The first-order chi connectivity index (χ1) is 13.7. The SMILES string of the molecule is C[Si](C)(C)OCOC1=CCC(c2cc3c(c4c2[Si]4(C)C)[CH]([Zr+2])c2ccccc2-3)=C1.[Cl-].[Cl-]. The van der Waals surface area contributed by atoms with Gasteiger partial charge in [0, 0.05) is 0 Å². The molecule has 0 radical (unpaired) electrons. The molecule has 31 heavy (non-hydrogen) atoms. The second-order valence-electron chi connectivity index (χ2n) is 9.78. The van der Waals surface area contributed by atoms with Crippen molar-refractivity contribution < 1.29 is 58.7 Å². The molecule has 0 spiro atoms. The summed E-state index contributed by atoms with van der Waals surface area (Å²) < 4.78 is 12.4. The Morgan fingerprint density at radius 2 is 1.74 bits per heavy atom. The van der Waals surface area contributed by atoms with Crippen LogP contribution in [0.25, 0.3) is 16.7 Å². The van der Waals surface area contributed by atoms with E-state index in [1.54, 1.807) is 40.7 Å². The molecule has 0 bridgehead atoms. The van der Waals surface area contributed by atoms with Crippen LogP contribution < -0.4 is 35.2 Å². The van der Waals surface area contributed by atoms with Gasteiger partial charge in [-0.25, -0.2) is 0 Å². The van der Waals surface area contributed by atoms with Gasteiger partial charge in [-0.1, -0.05) is 0 Å². The van der Waals surface area contributed by atoms with Crippen molar-refractivity contribution >= 4 is 32.3 Å². The molecule has 5 rings (SSSR count). The van der Waals surface area contributed by atoms with E-state index < -0.39 is 16.4 Å². The smallest absolute Gasteiger partial charge is 1.00 e. The average Bonchev–Trinajstić information content (AvgIpc) is 2.99. The predicted molar refractivity (Wildman–Crippen MR) is 122 cm³/mol. The first-order valence-corrected chi connectivity index (χ1v) is 18.2. The van der Waals surface area contributed by atoms with Crippen LogP contribution in [0.3, 0.4) is 0 Å². The van der Waals surface area contributed by atoms with E-state index in [0.29, 0.717) is 10.4 Å². The third-order valence-corrected chi connectivity index (χ3v) is 12.1. The first kappa shape index (κ1) is 25.2. The molecule has 1 heterocycles. The van der Waals surface area contributed by atoms with Gasteiger partial charge < -0.3 is 24.8 Å². The Bertz CT molecular complexity index is 1100. The van der Waals surface area contributed by atoms with Crippen molar-refractivity contribution in [3.05, 3.63) is 64.9 Å². The van der Waals surface area contributed by atoms with Crippen LogP contribution in [0.1, 0.15) is 26.7 Å². The summed E-state index contributed by atoms with van der Waals surface area (Å²) in [5, 5.41) is 3.43. The molecule has 0 fully saturated rings. The predicted octanol–water partition coefficient (Wildman–Crippen LogP) is -1.06. The molecule has 1 aliphatic heterocycles. The largest absolute Gasteiger partial charge is 1.00 e. The maximum atomic E-state index is 5.92. The summed E-state index contributed by atoms with van der Waals surface area (Å²) in [7, 11) is -2.98. The Hall–Kier alpha value is -0.423. The Labute approximate surface area is 215 Å². The number of rotatable bonds is 5. The molecule has 2 aromatic rings. The number of hydrogen-bond acceptors (Lipinski definition) is 2. The summed E-state index contributed by atoms with van der Waals surface area (Å²) in [5.74, 6) is 0.964. The van der Waals surface area contributed by atoms with Crippen LogP contribution in [-0.4, -0.2) is 23.2 Å². The van der Waals surface area contributed by atoms with Gasteiger partial charge in [-0.15, -0.1) is 0 Å². The van der Waals surface area contributed by atoms with Crippen molar-refractivity contribution in [1.29, 1.82) is 0 Å². The fourth-order valence-corrected chi connectivity index (χ4v) is 10.8. The maximum absolute atomic E-state index is 5.92. The van der Waals surface area contributed by atoms with E-state index in [0.717, 1.165) is 12.2 Å². The van der Waals surface area contributed by atoms with Gasteiger partial charge >= 0.3 is 172 Å². The van der Waals surface area contributed by atoms with Crippen molar-refractivity contribution in [3.8, 4) is 11.1 Å². The fraction of sp³-hybridized carbons (Fsp3) is 0.333. The van der Waals surface area contributed by atoms with Gasteiger partial charge in [0.05, 0.1) is 0 Å². The molecule has 161 valence electrons. The summed E-state index contributed by atoms with van der Waals surface area (Å²) in [6.45, 7) is 12.0. The summed E-state index contributed by atoms with van der Waals surface area (Å²) in [4.78, 5) is 0. The van der Waals surface area contributed by atoms with E-state index in [1.165, 1.54) is 27.8 Å². The van der Waals surface area contributed by atoms with Crippen LogP contribution >= 0.6 is 0 Å². The van der Waals surface area contributed by atoms with E-state index in [1.807, 2.05) is 0 Å². The number of ether oxygens (including phenoxy) is 1. The number of allylic oxidation sites excluding steroid dienone is 3. The van der Waals surface area contributed by atoms with E-state index in [2.05, 4.69) is 75.2 Å². The van der Waals surface area contributed by atoms with E-state index >= 15 is 0 Å². The van der Waals surface area contributed by atoms with Gasteiger partial charge in [-0.05, 0) is 19.6 Å². The van der Waals surface area contributed by atoms with Gasteiger partial charge in [-0.2, -0.15) is 0 Å². The zero-order valence-corrected chi connectivity index (χ0v) is 24.6. The molecule has 0 amide bonds. The molecule has 3 aliphatic rings. The number of benzene rings is 2. The zero-order chi connectivity index (χ0) is 20.6. The Balaban J connectivity index is 0.00000136. The topological polar surface area (TPSA) is 18.5 Å². The van der Waals surface area contributed by atoms with Crippen molar-refractivity contribution in [2.75, 3.05) is 6.79 Å². The maximum Gasteiger partial charge on any atom is -1.00 e. The minimum absolute atomic E-state index is 0. The van der Waals surface area contributed by atoms with Crippen molar-refractivity contribution in [1.82, 2.24) is 0 Å². The molecular formula is C24H27Cl2O2Si2Zr. The molecule has 2 nitrogen and oxygen atoms in total. The monoisotopic (exact) mass is 563 g/mol. The van der Waals surface area contributed by atoms with E-state index in [9.17, 15) is 0 Å². The minimum Gasteiger partial charge on any atom is -1.00 e. The van der Waals surface area contributed by atoms with Crippen LogP contribution in [0.15, 0.2) is 48.2 Å². The van der Waals surface area contributed by atoms with Crippen molar-refractivity contribution in [2.45, 2.75) is 42.8 Å². The Morgan fingerprint density at radius 3 is 2.45 bits per heavy atom. The average molecular weight is 566 g/mol. The quantitative estimate of drug-likeness (QED) is 0.340. The van der Waals surface area contributed by atoms with Crippen molar-refractivity contribution in [2.24, 2.45) is 0 Å². The molecule has 0 saturated heterocycles. The molecule has 2 aliphatic carbocycles. The van der Waals surface area contributed by atoms with Gasteiger partial charge in [-0.3, -0.25) is 0 Å². The minimum atomic E-state index is -1.55. The van der Waals surface area contributed by atoms with E-state index in [4.69, 9.17) is 9.16 Å². The molecule has 1 atom stereocenters. The Kier molecular flexibility index (Phi) is 7.10.